The molecular formula is C16H22N2O2. The Labute approximate surface area is 120 Å². The molecule has 1 atom stereocenters. The van der Waals surface area contributed by atoms with Gasteiger partial charge in [-0.3, -0.25) is 9.59 Å². The third kappa shape index (κ3) is 3.38. The van der Waals surface area contributed by atoms with E-state index in [1.165, 1.54) is 6.42 Å². The number of amides is 2. The van der Waals surface area contributed by atoms with Crippen molar-refractivity contribution < 1.29 is 9.59 Å². The van der Waals surface area contributed by atoms with E-state index in [0.29, 0.717) is 18.0 Å². The molecule has 1 aromatic rings. The first-order valence-corrected chi connectivity index (χ1v) is 7.32. The topological polar surface area (TPSA) is 49.4 Å². The van der Waals surface area contributed by atoms with Crippen molar-refractivity contribution in [1.82, 2.24) is 4.90 Å². The van der Waals surface area contributed by atoms with E-state index in [4.69, 9.17) is 0 Å². The summed E-state index contributed by atoms with van der Waals surface area (Å²) in [6.45, 7) is 4.76. The van der Waals surface area contributed by atoms with Crippen LogP contribution >= 0.6 is 0 Å². The van der Waals surface area contributed by atoms with Crippen LogP contribution in [0.3, 0.4) is 0 Å². The number of hydrogen-bond donors (Lipinski definition) is 1. The van der Waals surface area contributed by atoms with Gasteiger partial charge in [0, 0.05) is 30.3 Å². The number of nitrogens with zero attached hydrogens (tertiary/aromatic N) is 1. The van der Waals surface area contributed by atoms with Crippen molar-refractivity contribution in [1.29, 1.82) is 0 Å². The van der Waals surface area contributed by atoms with Gasteiger partial charge >= 0.3 is 0 Å². The molecule has 1 unspecified atom stereocenters. The van der Waals surface area contributed by atoms with E-state index in [9.17, 15) is 9.59 Å². The molecule has 0 spiro atoms. The molecule has 0 bridgehead atoms. The van der Waals surface area contributed by atoms with Crippen LogP contribution < -0.4 is 5.32 Å². The van der Waals surface area contributed by atoms with Gasteiger partial charge in [-0.25, -0.2) is 0 Å². The van der Waals surface area contributed by atoms with E-state index < -0.39 is 0 Å². The number of nitrogens with one attached hydrogen (secondary N) is 1. The molecule has 1 fully saturated rings. The molecule has 4 heteroatoms. The summed E-state index contributed by atoms with van der Waals surface area (Å²) in [7, 11) is 0. The summed E-state index contributed by atoms with van der Waals surface area (Å²) < 4.78 is 0. The first-order valence-electron chi connectivity index (χ1n) is 7.32. The van der Waals surface area contributed by atoms with Crippen LogP contribution in [0.2, 0.25) is 0 Å². The van der Waals surface area contributed by atoms with Gasteiger partial charge in [0.2, 0.25) is 5.91 Å². The molecule has 0 saturated carbocycles. The van der Waals surface area contributed by atoms with Crippen LogP contribution in [-0.2, 0) is 4.79 Å². The molecule has 1 saturated heterocycles. The Kier molecular flexibility index (Phi) is 4.77. The van der Waals surface area contributed by atoms with Crippen LogP contribution in [0.25, 0.3) is 0 Å². The van der Waals surface area contributed by atoms with E-state index in [2.05, 4.69) is 12.2 Å². The maximum Gasteiger partial charge on any atom is 0.254 e. The quantitative estimate of drug-likeness (QED) is 0.921. The van der Waals surface area contributed by atoms with Crippen molar-refractivity contribution in [2.45, 2.75) is 45.6 Å². The number of piperidine rings is 1. The van der Waals surface area contributed by atoms with E-state index in [1.54, 1.807) is 24.3 Å². The summed E-state index contributed by atoms with van der Waals surface area (Å²) in [5.41, 5.74) is 1.42. The van der Waals surface area contributed by atoms with Crippen molar-refractivity contribution in [2.75, 3.05) is 11.9 Å². The molecule has 1 N–H and O–H groups in total. The molecule has 1 heterocycles. The Bertz CT molecular complexity index is 482. The highest BCUT2D eigenvalue weighted by Gasteiger charge is 2.23. The highest BCUT2D eigenvalue weighted by atomic mass is 16.2. The first-order chi connectivity index (χ1) is 9.61. The lowest BCUT2D eigenvalue weighted by molar-refractivity contribution is -0.115. The molecule has 1 aliphatic heterocycles. The van der Waals surface area contributed by atoms with Gasteiger partial charge in [0.1, 0.15) is 0 Å². The largest absolute Gasteiger partial charge is 0.336 e. The Balaban J connectivity index is 2.05. The lowest BCUT2D eigenvalue weighted by Crippen LogP contribution is -2.42. The number of rotatable bonds is 3. The lowest BCUT2D eigenvalue weighted by atomic mass is 10.0. The average Bonchev–Trinajstić information content (AvgIpc) is 2.47. The molecule has 0 radical (unpaired) electrons. The van der Waals surface area contributed by atoms with Crippen LogP contribution in [0.15, 0.2) is 24.3 Å². The second-order valence-corrected chi connectivity index (χ2v) is 5.32. The van der Waals surface area contributed by atoms with Crippen molar-refractivity contribution in [3.05, 3.63) is 29.8 Å². The van der Waals surface area contributed by atoms with E-state index >= 15 is 0 Å². The van der Waals surface area contributed by atoms with Crippen molar-refractivity contribution in [3.63, 3.8) is 0 Å². The van der Waals surface area contributed by atoms with Crippen LogP contribution in [0.4, 0.5) is 5.69 Å². The molecule has 1 aromatic carbocycles. The van der Waals surface area contributed by atoms with Crippen molar-refractivity contribution in [3.8, 4) is 0 Å². The number of benzene rings is 1. The van der Waals surface area contributed by atoms with Gasteiger partial charge in [-0.1, -0.05) is 6.92 Å². The van der Waals surface area contributed by atoms with Gasteiger partial charge in [0.05, 0.1) is 0 Å². The Hall–Kier alpha value is -1.84. The maximum atomic E-state index is 12.4. The molecule has 1 aliphatic rings. The molecule has 0 aromatic heterocycles. The Morgan fingerprint density at radius 3 is 2.55 bits per heavy atom. The van der Waals surface area contributed by atoms with Crippen LogP contribution in [-0.4, -0.2) is 29.3 Å². The Morgan fingerprint density at radius 2 is 1.95 bits per heavy atom. The number of carbonyl (C=O) groups is 2. The predicted octanol–water partition coefficient (Wildman–Crippen LogP) is 3.05. The smallest absolute Gasteiger partial charge is 0.254 e. The zero-order valence-corrected chi connectivity index (χ0v) is 12.2. The second-order valence-electron chi connectivity index (χ2n) is 5.32. The standard InChI is InChI=1S/C16H22N2O2/c1-3-15(19)17-14-9-7-13(8-10-14)16(20)18-11-5-4-6-12(18)2/h7-10,12H,3-6,11H2,1-2H3,(H,17,19). The minimum absolute atomic E-state index is 0.0197. The summed E-state index contributed by atoms with van der Waals surface area (Å²) in [5.74, 6) is 0.0688. The summed E-state index contributed by atoms with van der Waals surface area (Å²) in [5, 5.41) is 2.78. The molecule has 2 amide bonds. The van der Waals surface area contributed by atoms with Crippen LogP contribution in [0.1, 0.15) is 49.9 Å². The molecule has 0 aliphatic carbocycles. The summed E-state index contributed by atoms with van der Waals surface area (Å²) in [6.07, 6.45) is 3.82. The third-order valence-electron chi connectivity index (χ3n) is 3.80. The van der Waals surface area contributed by atoms with E-state index in [-0.39, 0.29) is 11.8 Å². The number of hydrogen-bond acceptors (Lipinski definition) is 2. The summed E-state index contributed by atoms with van der Waals surface area (Å²) in [6, 6.07) is 7.46. The van der Waals surface area contributed by atoms with Crippen LogP contribution in [0, 0.1) is 0 Å². The zero-order valence-electron chi connectivity index (χ0n) is 12.2. The van der Waals surface area contributed by atoms with Gasteiger partial charge in [-0.05, 0) is 50.5 Å². The molecule has 4 nitrogen and oxygen atoms in total. The van der Waals surface area contributed by atoms with E-state index in [0.717, 1.165) is 25.1 Å². The zero-order chi connectivity index (χ0) is 14.5. The van der Waals surface area contributed by atoms with Crippen molar-refractivity contribution >= 4 is 17.5 Å². The highest BCUT2D eigenvalue weighted by Crippen LogP contribution is 2.20. The fraction of sp³-hybridized carbons (Fsp3) is 0.500. The van der Waals surface area contributed by atoms with Gasteiger partial charge < -0.3 is 10.2 Å². The van der Waals surface area contributed by atoms with Gasteiger partial charge in [-0.15, -0.1) is 0 Å². The maximum absolute atomic E-state index is 12.4. The van der Waals surface area contributed by atoms with Crippen molar-refractivity contribution in [2.24, 2.45) is 0 Å². The average molecular weight is 274 g/mol. The number of carbonyl (C=O) groups excluding carboxylic acids is 2. The minimum atomic E-state index is -0.0197. The summed E-state index contributed by atoms with van der Waals surface area (Å²) in [4.78, 5) is 25.7. The van der Waals surface area contributed by atoms with E-state index in [1.807, 2.05) is 11.8 Å². The fourth-order valence-electron chi connectivity index (χ4n) is 2.51. The third-order valence-corrected chi connectivity index (χ3v) is 3.80. The van der Waals surface area contributed by atoms with Gasteiger partial charge in [0.15, 0.2) is 0 Å². The predicted molar refractivity (Wildman–Crippen MR) is 79.7 cm³/mol. The summed E-state index contributed by atoms with van der Waals surface area (Å²) >= 11 is 0. The van der Waals surface area contributed by atoms with Crippen LogP contribution in [0.5, 0.6) is 0 Å². The molecule has 108 valence electrons. The SMILES string of the molecule is CCC(=O)Nc1ccc(C(=O)N2CCCCC2C)cc1. The number of likely N-dealkylation sites (tertiary alicyclic amines) is 1. The normalized spacial score (nSPS) is 18.7. The first kappa shape index (κ1) is 14.6. The molecule has 20 heavy (non-hydrogen) atoms. The number of anilines is 1. The minimum Gasteiger partial charge on any atom is -0.336 e. The van der Waals surface area contributed by atoms with Gasteiger partial charge in [-0.2, -0.15) is 0 Å². The highest BCUT2D eigenvalue weighted by molar-refractivity contribution is 5.96. The Morgan fingerprint density at radius 1 is 1.25 bits per heavy atom. The monoisotopic (exact) mass is 274 g/mol. The lowest BCUT2D eigenvalue weighted by Gasteiger charge is -2.33. The molecule has 2 rings (SSSR count). The molecular weight excluding hydrogens is 252 g/mol. The fourth-order valence-corrected chi connectivity index (χ4v) is 2.51. The second kappa shape index (κ2) is 6.55. The van der Waals surface area contributed by atoms with Gasteiger partial charge in [0.25, 0.3) is 5.91 Å².